The molecule has 0 fully saturated rings. The highest BCUT2D eigenvalue weighted by Gasteiger charge is 2.10. The monoisotopic (exact) mass is 117 g/mol. The van der Waals surface area contributed by atoms with Crippen LogP contribution >= 0.6 is 0 Å². The molecule has 1 nitrogen and oxygen atoms in total. The van der Waals surface area contributed by atoms with Crippen molar-refractivity contribution in [3.63, 3.8) is 0 Å². The van der Waals surface area contributed by atoms with E-state index in [0.717, 1.165) is 0 Å². The van der Waals surface area contributed by atoms with Crippen LogP contribution in [-0.2, 0) is 0 Å². The van der Waals surface area contributed by atoms with Gasteiger partial charge in [-0.25, -0.2) is 0 Å². The second kappa shape index (κ2) is 1.69. The third-order valence-electron chi connectivity index (χ3n) is 1.59. The first-order chi connectivity index (χ1) is 4.47. The lowest BCUT2D eigenvalue weighted by molar-refractivity contribution is 1.10. The van der Waals surface area contributed by atoms with E-state index in [9.17, 15) is 0 Å². The highest BCUT2D eigenvalue weighted by molar-refractivity contribution is 5.73. The zero-order valence-electron chi connectivity index (χ0n) is 4.99. The molecule has 1 aliphatic heterocycles. The molecule has 0 spiro atoms. The summed E-state index contributed by atoms with van der Waals surface area (Å²) in [6.45, 7) is 0. The summed E-state index contributed by atoms with van der Waals surface area (Å²) in [7, 11) is 0. The molecule has 1 heteroatoms. The van der Waals surface area contributed by atoms with Gasteiger partial charge in [0.15, 0.2) is 0 Å². The lowest BCUT2D eigenvalue weighted by Gasteiger charge is -2.05. The fraction of sp³-hybridized carbons (Fsp3) is 0.125. The van der Waals surface area contributed by atoms with Gasteiger partial charge in [-0.3, -0.25) is 4.99 Å². The quantitative estimate of drug-likeness (QED) is 0.458. The molecule has 0 bridgehead atoms. The minimum Gasteiger partial charge on any atom is -0.268 e. The molecule has 2 rings (SSSR count). The fourth-order valence-electron chi connectivity index (χ4n) is 1.08. The molecular formula is C8H7N. The van der Waals surface area contributed by atoms with Crippen molar-refractivity contribution >= 4 is 6.21 Å². The molecule has 0 saturated heterocycles. The maximum atomic E-state index is 4.02. The number of rotatable bonds is 0. The van der Waals surface area contributed by atoms with Gasteiger partial charge in [0, 0.05) is 18.3 Å². The van der Waals surface area contributed by atoms with E-state index in [-0.39, 0.29) is 0 Å². The van der Waals surface area contributed by atoms with Gasteiger partial charge in [-0.05, 0) is 11.6 Å². The fourth-order valence-corrected chi connectivity index (χ4v) is 1.08. The van der Waals surface area contributed by atoms with Crippen LogP contribution < -0.4 is 0 Å². The molecule has 0 saturated carbocycles. The predicted octanol–water partition coefficient (Wildman–Crippen LogP) is 1.70. The first kappa shape index (κ1) is 4.74. The molecule has 0 aromatic heterocycles. The maximum absolute atomic E-state index is 4.02. The summed E-state index contributed by atoms with van der Waals surface area (Å²) in [5, 5.41) is 0. The van der Waals surface area contributed by atoms with Crippen molar-refractivity contribution in [2.24, 2.45) is 10.9 Å². The smallest absolute Gasteiger partial charge is 0.0376 e. The van der Waals surface area contributed by atoms with Crippen molar-refractivity contribution in [2.45, 2.75) is 0 Å². The Morgan fingerprint density at radius 3 is 3.33 bits per heavy atom. The highest BCUT2D eigenvalue weighted by atomic mass is 14.7. The van der Waals surface area contributed by atoms with Gasteiger partial charge in [-0.2, -0.15) is 0 Å². The molecule has 0 radical (unpaired) electrons. The lowest BCUT2D eigenvalue weighted by atomic mass is 10.0. The Morgan fingerprint density at radius 2 is 2.44 bits per heavy atom. The molecule has 2 aliphatic rings. The van der Waals surface area contributed by atoms with E-state index in [2.05, 4.69) is 23.2 Å². The average Bonchev–Trinajstić information content (AvgIpc) is 2.33. The minimum absolute atomic E-state index is 0.468. The summed E-state index contributed by atoms with van der Waals surface area (Å²) < 4.78 is 0. The van der Waals surface area contributed by atoms with E-state index < -0.39 is 0 Å². The van der Waals surface area contributed by atoms with Crippen LogP contribution in [0.3, 0.4) is 0 Å². The summed E-state index contributed by atoms with van der Waals surface area (Å²) in [6.07, 6.45) is 12.2. The number of fused-ring (bicyclic) bond motifs is 1. The summed E-state index contributed by atoms with van der Waals surface area (Å²) in [5.41, 5.74) is 1.35. The minimum atomic E-state index is 0.468. The zero-order chi connectivity index (χ0) is 6.10. The van der Waals surface area contributed by atoms with E-state index in [0.29, 0.717) is 5.92 Å². The third-order valence-corrected chi connectivity index (χ3v) is 1.59. The second-order valence-corrected chi connectivity index (χ2v) is 2.19. The lowest BCUT2D eigenvalue weighted by Crippen LogP contribution is -1.99. The summed E-state index contributed by atoms with van der Waals surface area (Å²) in [5.74, 6) is 0.468. The predicted molar refractivity (Wildman–Crippen MR) is 38.3 cm³/mol. The molecule has 1 unspecified atom stereocenters. The van der Waals surface area contributed by atoms with Crippen molar-refractivity contribution in [3.05, 3.63) is 36.1 Å². The van der Waals surface area contributed by atoms with Crippen molar-refractivity contribution in [3.8, 4) is 0 Å². The SMILES string of the molecule is C1=CC2C=NC=CC2=C1. The van der Waals surface area contributed by atoms with Crippen LogP contribution in [-0.4, -0.2) is 6.21 Å². The van der Waals surface area contributed by atoms with E-state index in [4.69, 9.17) is 0 Å². The zero-order valence-corrected chi connectivity index (χ0v) is 4.99. The molecule has 0 aromatic carbocycles. The van der Waals surface area contributed by atoms with Crippen molar-refractivity contribution in [1.82, 2.24) is 0 Å². The van der Waals surface area contributed by atoms with Crippen LogP contribution in [0.15, 0.2) is 41.1 Å². The number of hydrogen-bond donors (Lipinski definition) is 0. The summed E-state index contributed by atoms with van der Waals surface area (Å²) in [6, 6.07) is 0. The van der Waals surface area contributed by atoms with Crippen LogP contribution in [0.4, 0.5) is 0 Å². The van der Waals surface area contributed by atoms with Crippen LogP contribution in [0.5, 0.6) is 0 Å². The molecule has 0 amide bonds. The maximum Gasteiger partial charge on any atom is 0.0376 e. The molecule has 1 aliphatic carbocycles. The molecule has 9 heavy (non-hydrogen) atoms. The van der Waals surface area contributed by atoms with Crippen LogP contribution in [0.2, 0.25) is 0 Å². The van der Waals surface area contributed by atoms with Crippen LogP contribution in [0.25, 0.3) is 0 Å². The Labute approximate surface area is 54.1 Å². The van der Waals surface area contributed by atoms with Gasteiger partial charge in [-0.15, -0.1) is 0 Å². The molecular weight excluding hydrogens is 110 g/mol. The van der Waals surface area contributed by atoms with Gasteiger partial charge in [0.1, 0.15) is 0 Å². The molecule has 44 valence electrons. The van der Waals surface area contributed by atoms with Gasteiger partial charge in [0.2, 0.25) is 0 Å². The van der Waals surface area contributed by atoms with E-state index >= 15 is 0 Å². The van der Waals surface area contributed by atoms with Gasteiger partial charge in [0.25, 0.3) is 0 Å². The van der Waals surface area contributed by atoms with Gasteiger partial charge < -0.3 is 0 Å². The van der Waals surface area contributed by atoms with Crippen molar-refractivity contribution in [2.75, 3.05) is 0 Å². The largest absolute Gasteiger partial charge is 0.268 e. The second-order valence-electron chi connectivity index (χ2n) is 2.19. The van der Waals surface area contributed by atoms with E-state index in [1.54, 1.807) is 0 Å². The first-order valence-corrected chi connectivity index (χ1v) is 3.05. The van der Waals surface area contributed by atoms with Gasteiger partial charge in [0.05, 0.1) is 0 Å². The normalized spacial score (nSPS) is 28.4. The van der Waals surface area contributed by atoms with Gasteiger partial charge >= 0.3 is 0 Å². The van der Waals surface area contributed by atoms with Gasteiger partial charge in [-0.1, -0.05) is 18.2 Å². The Hall–Kier alpha value is -1.11. The van der Waals surface area contributed by atoms with E-state index in [1.165, 1.54) is 5.57 Å². The molecule has 1 heterocycles. The third kappa shape index (κ3) is 0.653. The van der Waals surface area contributed by atoms with Crippen LogP contribution in [0.1, 0.15) is 0 Å². The highest BCUT2D eigenvalue weighted by Crippen LogP contribution is 2.20. The Kier molecular flexibility index (Phi) is 0.890. The standard InChI is InChI=1S/C8H7N/c1-2-7-4-5-9-6-8(7)3-1/h1-6,8H. The number of hydrogen-bond acceptors (Lipinski definition) is 1. The number of aliphatic imine (C=N–C) groups is 1. The van der Waals surface area contributed by atoms with Crippen LogP contribution in [0, 0.1) is 5.92 Å². The Balaban J connectivity index is 2.40. The van der Waals surface area contributed by atoms with Crippen molar-refractivity contribution < 1.29 is 0 Å². The summed E-state index contributed by atoms with van der Waals surface area (Å²) in [4.78, 5) is 4.02. The topological polar surface area (TPSA) is 12.4 Å². The molecule has 0 aromatic rings. The van der Waals surface area contributed by atoms with Crippen molar-refractivity contribution in [1.29, 1.82) is 0 Å². The number of nitrogens with zero attached hydrogens (tertiary/aromatic N) is 1. The average molecular weight is 117 g/mol. The molecule has 1 atom stereocenters. The molecule has 0 N–H and O–H groups in total. The summed E-state index contributed by atoms with van der Waals surface area (Å²) >= 11 is 0. The Morgan fingerprint density at radius 1 is 1.44 bits per heavy atom. The first-order valence-electron chi connectivity index (χ1n) is 3.05. The van der Waals surface area contributed by atoms with E-state index in [1.807, 2.05) is 18.5 Å². The number of allylic oxidation sites excluding steroid dienone is 5. The Bertz CT molecular complexity index is 231.